The first-order chi connectivity index (χ1) is 7.38. The molecule has 0 fully saturated rings. The molecule has 0 aliphatic carbocycles. The summed E-state index contributed by atoms with van der Waals surface area (Å²) in [5, 5.41) is 9.84. The summed E-state index contributed by atoms with van der Waals surface area (Å²) >= 11 is 1.69. The van der Waals surface area contributed by atoms with Gasteiger partial charge in [0.15, 0.2) is 9.84 Å². The van der Waals surface area contributed by atoms with E-state index in [0.717, 1.165) is 0 Å². The Bertz CT molecular complexity index is 444. The van der Waals surface area contributed by atoms with E-state index in [4.69, 9.17) is 0 Å². The molecule has 2 atom stereocenters. The lowest BCUT2D eigenvalue weighted by Crippen LogP contribution is -2.24. The van der Waals surface area contributed by atoms with Crippen LogP contribution in [-0.4, -0.2) is 22.5 Å². The first-order valence-electron chi connectivity index (χ1n) is 4.67. The summed E-state index contributed by atoms with van der Waals surface area (Å²) < 4.78 is 34.8. The van der Waals surface area contributed by atoms with Crippen LogP contribution in [0.25, 0.3) is 0 Å². The average Bonchev–Trinajstić information content (AvgIpc) is 2.28. The van der Waals surface area contributed by atoms with E-state index in [0.29, 0.717) is 5.56 Å². The SMILES string of the molecule is CCS(=O)(=O)[C@@H](I)[C@@H](O)c1ccc(F)cc1. The van der Waals surface area contributed by atoms with Crippen LogP contribution in [0.5, 0.6) is 0 Å². The van der Waals surface area contributed by atoms with Crippen molar-refractivity contribution in [3.05, 3.63) is 35.6 Å². The Hall–Kier alpha value is -0.210. The molecular weight excluding hydrogens is 346 g/mol. The maximum Gasteiger partial charge on any atom is 0.164 e. The molecule has 16 heavy (non-hydrogen) atoms. The Balaban J connectivity index is 2.94. The normalized spacial score (nSPS) is 15.8. The predicted octanol–water partition coefficient (Wildman–Crippen LogP) is 2.05. The molecule has 0 bridgehead atoms. The molecular formula is C10H12FIO3S. The number of aliphatic hydroxyl groups excluding tert-OH is 1. The Morgan fingerprint density at radius 3 is 2.31 bits per heavy atom. The third-order valence-corrected chi connectivity index (χ3v) is 6.96. The minimum absolute atomic E-state index is 0.0289. The highest BCUT2D eigenvalue weighted by molar-refractivity contribution is 14.1. The highest BCUT2D eigenvalue weighted by Crippen LogP contribution is 2.27. The van der Waals surface area contributed by atoms with Gasteiger partial charge in [-0.3, -0.25) is 0 Å². The van der Waals surface area contributed by atoms with Crippen molar-refractivity contribution in [2.75, 3.05) is 5.75 Å². The Morgan fingerprint density at radius 2 is 1.88 bits per heavy atom. The van der Waals surface area contributed by atoms with Crippen molar-refractivity contribution in [3.63, 3.8) is 0 Å². The Labute approximate surface area is 108 Å². The number of sulfone groups is 1. The third kappa shape index (κ3) is 3.14. The first-order valence-corrected chi connectivity index (χ1v) is 7.63. The van der Waals surface area contributed by atoms with E-state index in [1.54, 1.807) is 22.6 Å². The lowest BCUT2D eigenvalue weighted by molar-refractivity contribution is 0.197. The number of rotatable bonds is 4. The number of hydrogen-bond donors (Lipinski definition) is 1. The zero-order valence-electron chi connectivity index (χ0n) is 8.60. The number of halogens is 2. The van der Waals surface area contributed by atoms with Crippen molar-refractivity contribution in [2.45, 2.75) is 16.3 Å². The zero-order chi connectivity index (χ0) is 12.3. The van der Waals surface area contributed by atoms with Gasteiger partial charge in [-0.15, -0.1) is 0 Å². The van der Waals surface area contributed by atoms with Gasteiger partial charge in [0.25, 0.3) is 0 Å². The van der Waals surface area contributed by atoms with Gasteiger partial charge in [-0.1, -0.05) is 41.6 Å². The van der Waals surface area contributed by atoms with Crippen LogP contribution in [0.2, 0.25) is 0 Å². The number of alkyl halides is 1. The van der Waals surface area contributed by atoms with Crippen molar-refractivity contribution >= 4 is 32.4 Å². The number of benzene rings is 1. The fourth-order valence-electron chi connectivity index (χ4n) is 1.17. The van der Waals surface area contributed by atoms with E-state index in [2.05, 4.69) is 0 Å². The summed E-state index contributed by atoms with van der Waals surface area (Å²) in [7, 11) is -3.31. The molecule has 6 heteroatoms. The van der Waals surface area contributed by atoms with Crippen LogP contribution in [-0.2, 0) is 9.84 Å². The van der Waals surface area contributed by atoms with Crippen molar-refractivity contribution in [1.29, 1.82) is 0 Å². The molecule has 90 valence electrons. The molecule has 3 nitrogen and oxygen atoms in total. The highest BCUT2D eigenvalue weighted by Gasteiger charge is 2.29. The standard InChI is InChI=1S/C10H12FIO3S/c1-2-16(14,15)10(12)9(13)7-3-5-8(11)6-4-7/h3-6,9-10,13H,2H2,1H3/t9-,10+/m0/s1. The van der Waals surface area contributed by atoms with Gasteiger partial charge < -0.3 is 5.11 Å². The van der Waals surface area contributed by atoms with Gasteiger partial charge in [-0.2, -0.15) is 0 Å². The second-order valence-electron chi connectivity index (χ2n) is 3.30. The van der Waals surface area contributed by atoms with Crippen molar-refractivity contribution in [3.8, 4) is 0 Å². The molecule has 1 rings (SSSR count). The summed E-state index contributed by atoms with van der Waals surface area (Å²) in [5.74, 6) is -0.446. The van der Waals surface area contributed by atoms with E-state index in [9.17, 15) is 17.9 Å². The Kier molecular flexibility index (Phi) is 4.69. The molecule has 1 N–H and O–H groups in total. The van der Waals surface area contributed by atoms with Gasteiger partial charge in [-0.05, 0) is 17.7 Å². The van der Waals surface area contributed by atoms with Crippen molar-refractivity contribution in [1.82, 2.24) is 0 Å². The van der Waals surface area contributed by atoms with Gasteiger partial charge in [0.05, 0.1) is 0 Å². The maximum absolute atomic E-state index is 12.6. The summed E-state index contributed by atoms with van der Waals surface area (Å²) in [6.45, 7) is 1.53. The fraction of sp³-hybridized carbons (Fsp3) is 0.400. The average molecular weight is 358 g/mol. The maximum atomic E-state index is 12.6. The molecule has 1 aromatic rings. The second-order valence-corrected chi connectivity index (χ2v) is 7.90. The van der Waals surface area contributed by atoms with Crippen LogP contribution in [0, 0.1) is 5.82 Å². The van der Waals surface area contributed by atoms with E-state index in [1.165, 1.54) is 31.2 Å². The zero-order valence-corrected chi connectivity index (χ0v) is 11.6. The molecule has 0 saturated heterocycles. The topological polar surface area (TPSA) is 54.4 Å². The summed E-state index contributed by atoms with van der Waals surface area (Å²) in [6.07, 6.45) is -1.13. The second kappa shape index (κ2) is 5.42. The molecule has 1 aromatic carbocycles. The van der Waals surface area contributed by atoms with Gasteiger partial charge in [-0.25, -0.2) is 12.8 Å². The van der Waals surface area contributed by atoms with E-state index in [-0.39, 0.29) is 5.75 Å². The van der Waals surface area contributed by atoms with Gasteiger partial charge in [0.1, 0.15) is 15.2 Å². The van der Waals surface area contributed by atoms with Gasteiger partial charge in [0.2, 0.25) is 0 Å². The van der Waals surface area contributed by atoms with Crippen LogP contribution in [0.1, 0.15) is 18.6 Å². The van der Waals surface area contributed by atoms with E-state index in [1.807, 2.05) is 0 Å². The minimum Gasteiger partial charge on any atom is -0.386 e. The summed E-state index contributed by atoms with van der Waals surface area (Å²) in [5.41, 5.74) is 0.401. The summed E-state index contributed by atoms with van der Waals surface area (Å²) in [4.78, 5) is 0. The summed E-state index contributed by atoms with van der Waals surface area (Å²) in [6, 6.07) is 5.16. The molecule has 0 spiro atoms. The van der Waals surface area contributed by atoms with Gasteiger partial charge in [0, 0.05) is 5.75 Å². The van der Waals surface area contributed by atoms with Crippen LogP contribution >= 0.6 is 22.6 Å². The van der Waals surface area contributed by atoms with Crippen molar-refractivity contribution < 1.29 is 17.9 Å². The smallest absolute Gasteiger partial charge is 0.164 e. The minimum atomic E-state index is -3.31. The molecule has 0 radical (unpaired) electrons. The Morgan fingerprint density at radius 1 is 1.38 bits per heavy atom. The lowest BCUT2D eigenvalue weighted by atomic mass is 10.1. The molecule has 0 saturated carbocycles. The number of aliphatic hydroxyl groups is 1. The van der Waals surface area contributed by atoms with Crippen LogP contribution in [0.4, 0.5) is 4.39 Å². The number of hydrogen-bond acceptors (Lipinski definition) is 3. The predicted molar refractivity (Wildman–Crippen MR) is 68.6 cm³/mol. The lowest BCUT2D eigenvalue weighted by Gasteiger charge is -2.17. The first kappa shape index (κ1) is 13.9. The third-order valence-electron chi connectivity index (χ3n) is 2.21. The van der Waals surface area contributed by atoms with E-state index >= 15 is 0 Å². The largest absolute Gasteiger partial charge is 0.386 e. The highest BCUT2D eigenvalue weighted by atomic mass is 127. The molecule has 0 aliphatic heterocycles. The molecule has 0 heterocycles. The van der Waals surface area contributed by atoms with Crippen molar-refractivity contribution in [2.24, 2.45) is 0 Å². The molecule has 0 unspecified atom stereocenters. The molecule has 0 aromatic heterocycles. The molecule has 0 aliphatic rings. The van der Waals surface area contributed by atoms with Crippen LogP contribution in [0.15, 0.2) is 24.3 Å². The van der Waals surface area contributed by atoms with Crippen LogP contribution in [0.3, 0.4) is 0 Å². The van der Waals surface area contributed by atoms with Crippen LogP contribution < -0.4 is 0 Å². The molecule has 0 amide bonds. The monoisotopic (exact) mass is 358 g/mol. The fourth-order valence-corrected chi connectivity index (χ4v) is 3.53. The quantitative estimate of drug-likeness (QED) is 0.662. The van der Waals surface area contributed by atoms with Gasteiger partial charge >= 0.3 is 0 Å². The van der Waals surface area contributed by atoms with E-state index < -0.39 is 25.0 Å².